The third kappa shape index (κ3) is 3.63. The van der Waals surface area contributed by atoms with Gasteiger partial charge in [0.25, 0.3) is 0 Å². The summed E-state index contributed by atoms with van der Waals surface area (Å²) in [6.07, 6.45) is 0.986. The highest BCUT2D eigenvalue weighted by Crippen LogP contribution is 2.43. The predicted octanol–water partition coefficient (Wildman–Crippen LogP) is 5.39. The Labute approximate surface area is 131 Å². The van der Waals surface area contributed by atoms with Crippen LogP contribution in [-0.4, -0.2) is 6.04 Å². The Balaban J connectivity index is 2.30. The third-order valence-electron chi connectivity index (χ3n) is 3.11. The van der Waals surface area contributed by atoms with Crippen LogP contribution in [0.2, 0.25) is 0 Å². The van der Waals surface area contributed by atoms with Crippen molar-refractivity contribution in [1.82, 2.24) is 0 Å². The van der Waals surface area contributed by atoms with Crippen LogP contribution < -0.4 is 5.73 Å². The van der Waals surface area contributed by atoms with Crippen molar-refractivity contribution < 1.29 is 0 Å². The first kappa shape index (κ1) is 15.1. The van der Waals surface area contributed by atoms with Gasteiger partial charge in [0.2, 0.25) is 0 Å². The smallest absolute Gasteiger partial charge is 0.0592 e. The molecule has 0 saturated carbocycles. The standard InChI is InChI=1S/C15H18BrNS2/c1-3-12(17)15(14-10(2)8-9-18-14)19-13-7-5-4-6-11(13)16/h4-9,12,15H,3,17H2,1-2H3. The van der Waals surface area contributed by atoms with Crippen LogP contribution in [0.5, 0.6) is 0 Å². The van der Waals surface area contributed by atoms with Crippen LogP contribution >= 0.6 is 39.0 Å². The number of aryl methyl sites for hydroxylation is 1. The molecule has 4 heteroatoms. The summed E-state index contributed by atoms with van der Waals surface area (Å²) < 4.78 is 1.14. The molecule has 19 heavy (non-hydrogen) atoms. The highest BCUT2D eigenvalue weighted by molar-refractivity contribution is 9.10. The van der Waals surface area contributed by atoms with E-state index in [-0.39, 0.29) is 6.04 Å². The molecule has 2 rings (SSSR count). The summed E-state index contributed by atoms with van der Waals surface area (Å²) in [6, 6.07) is 10.7. The van der Waals surface area contributed by atoms with Gasteiger partial charge in [-0.05, 0) is 58.4 Å². The van der Waals surface area contributed by atoms with Gasteiger partial charge < -0.3 is 5.73 Å². The Morgan fingerprint density at radius 1 is 1.32 bits per heavy atom. The van der Waals surface area contributed by atoms with Gasteiger partial charge in [-0.15, -0.1) is 23.1 Å². The fourth-order valence-corrected chi connectivity index (χ4v) is 5.03. The lowest BCUT2D eigenvalue weighted by Crippen LogP contribution is -2.25. The highest BCUT2D eigenvalue weighted by Gasteiger charge is 2.23. The van der Waals surface area contributed by atoms with Crippen molar-refractivity contribution in [2.24, 2.45) is 5.73 Å². The SMILES string of the molecule is CCC(N)C(Sc1ccccc1Br)c1sccc1C. The number of nitrogens with two attached hydrogens (primary N) is 1. The average Bonchev–Trinajstić information content (AvgIpc) is 2.83. The molecule has 0 spiro atoms. The van der Waals surface area contributed by atoms with Gasteiger partial charge in [0, 0.05) is 20.3 Å². The number of hydrogen-bond donors (Lipinski definition) is 1. The Bertz CT molecular complexity index is 538. The normalized spacial score (nSPS) is 14.3. The first-order valence-corrected chi connectivity index (χ1v) is 8.89. The number of benzene rings is 1. The summed E-state index contributed by atoms with van der Waals surface area (Å²) in [5.74, 6) is 0. The van der Waals surface area contributed by atoms with Gasteiger partial charge in [0.15, 0.2) is 0 Å². The molecule has 1 aromatic carbocycles. The summed E-state index contributed by atoms with van der Waals surface area (Å²) in [5.41, 5.74) is 7.69. The average molecular weight is 356 g/mol. The fourth-order valence-electron chi connectivity index (χ4n) is 1.90. The van der Waals surface area contributed by atoms with Crippen molar-refractivity contribution in [2.75, 3.05) is 0 Å². The quantitative estimate of drug-likeness (QED) is 0.727. The van der Waals surface area contributed by atoms with Crippen molar-refractivity contribution in [2.45, 2.75) is 36.5 Å². The van der Waals surface area contributed by atoms with Crippen LogP contribution in [0.3, 0.4) is 0 Å². The zero-order valence-electron chi connectivity index (χ0n) is 11.1. The molecule has 1 nitrogen and oxygen atoms in total. The third-order valence-corrected chi connectivity index (χ3v) is 6.77. The van der Waals surface area contributed by atoms with Gasteiger partial charge in [-0.2, -0.15) is 0 Å². The largest absolute Gasteiger partial charge is 0.326 e. The molecule has 0 fully saturated rings. The predicted molar refractivity (Wildman–Crippen MR) is 90.1 cm³/mol. The van der Waals surface area contributed by atoms with Gasteiger partial charge in [0.1, 0.15) is 0 Å². The molecule has 1 heterocycles. The van der Waals surface area contributed by atoms with Crippen LogP contribution in [-0.2, 0) is 0 Å². The van der Waals surface area contributed by atoms with E-state index >= 15 is 0 Å². The summed E-state index contributed by atoms with van der Waals surface area (Å²) in [4.78, 5) is 2.65. The van der Waals surface area contributed by atoms with Crippen LogP contribution in [0.25, 0.3) is 0 Å². The van der Waals surface area contributed by atoms with Crippen LogP contribution in [0.4, 0.5) is 0 Å². The van der Waals surface area contributed by atoms with Crippen molar-refractivity contribution in [3.8, 4) is 0 Å². The molecular formula is C15H18BrNS2. The molecule has 1 aromatic heterocycles. The van der Waals surface area contributed by atoms with E-state index in [0.29, 0.717) is 5.25 Å². The summed E-state index contributed by atoms with van der Waals surface area (Å²) in [6.45, 7) is 4.32. The maximum absolute atomic E-state index is 6.35. The number of halogens is 1. The summed E-state index contributed by atoms with van der Waals surface area (Å²) in [7, 11) is 0. The first-order chi connectivity index (χ1) is 9.13. The van der Waals surface area contributed by atoms with Crippen LogP contribution in [0, 0.1) is 6.92 Å². The van der Waals surface area contributed by atoms with Gasteiger partial charge >= 0.3 is 0 Å². The van der Waals surface area contributed by atoms with Gasteiger partial charge in [-0.25, -0.2) is 0 Å². The molecule has 0 bridgehead atoms. The van der Waals surface area contributed by atoms with Gasteiger partial charge in [-0.1, -0.05) is 19.1 Å². The van der Waals surface area contributed by atoms with Crippen molar-refractivity contribution >= 4 is 39.0 Å². The first-order valence-electron chi connectivity index (χ1n) is 6.34. The minimum atomic E-state index is 0.175. The second-order valence-corrected chi connectivity index (χ2v) is 7.49. The molecule has 102 valence electrons. The van der Waals surface area contributed by atoms with E-state index in [1.807, 2.05) is 29.2 Å². The molecule has 2 atom stereocenters. The monoisotopic (exact) mass is 355 g/mol. The molecule has 0 saturated heterocycles. The molecule has 2 unspecified atom stereocenters. The van der Waals surface area contributed by atoms with Crippen LogP contribution in [0.15, 0.2) is 45.1 Å². The number of rotatable bonds is 5. The second-order valence-electron chi connectivity index (χ2n) is 4.51. The van der Waals surface area contributed by atoms with Crippen molar-refractivity contribution in [1.29, 1.82) is 0 Å². The minimum Gasteiger partial charge on any atom is -0.326 e. The number of thiophene rings is 1. The summed E-state index contributed by atoms with van der Waals surface area (Å²) in [5, 5.41) is 2.48. The van der Waals surface area contributed by atoms with E-state index in [1.165, 1.54) is 15.3 Å². The zero-order valence-corrected chi connectivity index (χ0v) is 14.3. The lowest BCUT2D eigenvalue weighted by molar-refractivity contribution is 0.638. The molecule has 2 aromatic rings. The van der Waals surface area contributed by atoms with Crippen molar-refractivity contribution in [3.05, 3.63) is 50.6 Å². The molecule has 0 radical (unpaired) electrons. The zero-order chi connectivity index (χ0) is 13.8. The van der Waals surface area contributed by atoms with Gasteiger partial charge in [-0.3, -0.25) is 0 Å². The molecule has 0 amide bonds. The lowest BCUT2D eigenvalue weighted by Gasteiger charge is -2.23. The van der Waals surface area contributed by atoms with Gasteiger partial charge in [0.05, 0.1) is 5.25 Å². The van der Waals surface area contributed by atoms with E-state index in [4.69, 9.17) is 5.73 Å². The van der Waals surface area contributed by atoms with E-state index in [1.54, 1.807) is 0 Å². The van der Waals surface area contributed by atoms with E-state index in [9.17, 15) is 0 Å². The Kier molecular flexibility index (Phi) is 5.51. The van der Waals surface area contributed by atoms with Crippen molar-refractivity contribution in [3.63, 3.8) is 0 Å². The van der Waals surface area contributed by atoms with E-state index in [2.05, 4.69) is 59.4 Å². The Hall–Kier alpha value is -0.290. The number of hydrogen-bond acceptors (Lipinski definition) is 3. The Morgan fingerprint density at radius 2 is 2.05 bits per heavy atom. The van der Waals surface area contributed by atoms with Crippen LogP contribution in [0.1, 0.15) is 29.0 Å². The molecule has 0 aliphatic heterocycles. The number of thioether (sulfide) groups is 1. The molecule has 0 aliphatic rings. The molecule has 2 N–H and O–H groups in total. The Morgan fingerprint density at radius 3 is 2.63 bits per heavy atom. The fraction of sp³-hybridized carbons (Fsp3) is 0.333. The molecule has 0 aliphatic carbocycles. The lowest BCUT2D eigenvalue weighted by atomic mass is 10.1. The maximum atomic E-state index is 6.35. The summed E-state index contributed by atoms with van der Waals surface area (Å²) >= 11 is 7.29. The highest BCUT2D eigenvalue weighted by atomic mass is 79.9. The topological polar surface area (TPSA) is 26.0 Å². The minimum absolute atomic E-state index is 0.175. The second kappa shape index (κ2) is 6.93. The van der Waals surface area contributed by atoms with E-state index in [0.717, 1.165) is 10.9 Å². The van der Waals surface area contributed by atoms with E-state index < -0.39 is 0 Å². The molecular weight excluding hydrogens is 338 g/mol. The maximum Gasteiger partial charge on any atom is 0.0592 e.